The van der Waals surface area contributed by atoms with Crippen LogP contribution in [0, 0.1) is 0 Å². The van der Waals surface area contributed by atoms with Crippen molar-refractivity contribution in [1.29, 1.82) is 0 Å². The number of carbonyl (C=O) groups excluding carboxylic acids is 1. The van der Waals surface area contributed by atoms with Gasteiger partial charge in [-0.25, -0.2) is 0 Å². The van der Waals surface area contributed by atoms with E-state index in [1.165, 1.54) is 7.11 Å². The first-order valence-corrected chi connectivity index (χ1v) is 5.74. The number of hydrogen-bond donors (Lipinski definition) is 1. The quantitative estimate of drug-likeness (QED) is 0.821. The number of carbonyl (C=O) groups is 1. The average molecular weight is 236 g/mol. The van der Waals surface area contributed by atoms with Gasteiger partial charge < -0.3 is 9.84 Å². The van der Waals surface area contributed by atoms with Crippen molar-refractivity contribution in [2.45, 2.75) is 39.0 Å². The van der Waals surface area contributed by atoms with Gasteiger partial charge in [-0.05, 0) is 35.1 Å². The van der Waals surface area contributed by atoms with E-state index in [0.29, 0.717) is 12.8 Å². The largest absolute Gasteiger partial charge is 0.508 e. The van der Waals surface area contributed by atoms with E-state index in [0.717, 1.165) is 11.1 Å². The summed E-state index contributed by atoms with van der Waals surface area (Å²) in [6, 6.07) is 5.30. The molecule has 0 unspecified atom stereocenters. The second-order valence-electron chi connectivity index (χ2n) is 5.17. The van der Waals surface area contributed by atoms with Crippen LogP contribution in [0.2, 0.25) is 0 Å². The van der Waals surface area contributed by atoms with E-state index in [9.17, 15) is 9.90 Å². The summed E-state index contributed by atoms with van der Waals surface area (Å²) >= 11 is 0. The second kappa shape index (κ2) is 5.21. The zero-order valence-electron chi connectivity index (χ0n) is 10.9. The number of methoxy groups -OCH3 is 1. The Hall–Kier alpha value is -1.51. The summed E-state index contributed by atoms with van der Waals surface area (Å²) in [5.41, 5.74) is 2.10. The molecule has 0 saturated heterocycles. The van der Waals surface area contributed by atoms with Crippen molar-refractivity contribution >= 4 is 5.97 Å². The molecule has 0 amide bonds. The molecule has 0 bridgehead atoms. The lowest BCUT2D eigenvalue weighted by Crippen LogP contribution is -2.15. The predicted octanol–water partition coefficient (Wildman–Crippen LogP) is 2.80. The van der Waals surface area contributed by atoms with Gasteiger partial charge in [-0.3, -0.25) is 4.79 Å². The van der Waals surface area contributed by atoms with Crippen molar-refractivity contribution in [2.24, 2.45) is 0 Å². The molecule has 0 aliphatic heterocycles. The van der Waals surface area contributed by atoms with Crippen LogP contribution in [0.5, 0.6) is 5.75 Å². The number of rotatable bonds is 3. The summed E-state index contributed by atoms with van der Waals surface area (Å²) in [5, 5.41) is 9.53. The van der Waals surface area contributed by atoms with Crippen LogP contribution in [0.1, 0.15) is 38.3 Å². The zero-order chi connectivity index (χ0) is 13.1. The van der Waals surface area contributed by atoms with Crippen molar-refractivity contribution in [3.8, 4) is 5.75 Å². The number of phenols is 1. The van der Waals surface area contributed by atoms with Crippen LogP contribution in [0.25, 0.3) is 0 Å². The van der Waals surface area contributed by atoms with E-state index in [-0.39, 0.29) is 17.1 Å². The number of phenolic OH excluding ortho intramolecular Hbond substituents is 1. The number of benzene rings is 1. The van der Waals surface area contributed by atoms with E-state index >= 15 is 0 Å². The van der Waals surface area contributed by atoms with E-state index < -0.39 is 0 Å². The number of aryl methyl sites for hydroxylation is 1. The summed E-state index contributed by atoms with van der Waals surface area (Å²) in [6.07, 6.45) is 1.00. The highest BCUT2D eigenvalue weighted by molar-refractivity contribution is 5.69. The third-order valence-corrected chi connectivity index (χ3v) is 2.73. The molecule has 0 heterocycles. The molecule has 1 rings (SSSR count). The summed E-state index contributed by atoms with van der Waals surface area (Å²) in [7, 11) is 1.39. The predicted molar refractivity (Wildman–Crippen MR) is 67.1 cm³/mol. The Morgan fingerprint density at radius 2 is 2.00 bits per heavy atom. The first-order chi connectivity index (χ1) is 7.84. The molecule has 0 saturated carbocycles. The fraction of sp³-hybridized carbons (Fsp3) is 0.500. The lowest BCUT2D eigenvalue weighted by molar-refractivity contribution is -0.140. The van der Waals surface area contributed by atoms with Gasteiger partial charge in [0.15, 0.2) is 0 Å². The molecule has 0 aliphatic carbocycles. The average Bonchev–Trinajstić information content (AvgIpc) is 2.25. The third-order valence-electron chi connectivity index (χ3n) is 2.73. The normalized spacial score (nSPS) is 11.3. The molecule has 0 spiro atoms. The Bertz CT molecular complexity index is 402. The number of ether oxygens (including phenoxy) is 1. The maximum Gasteiger partial charge on any atom is 0.305 e. The topological polar surface area (TPSA) is 46.5 Å². The molecule has 0 aliphatic rings. The fourth-order valence-electron chi connectivity index (χ4n) is 1.82. The molecule has 0 atom stereocenters. The van der Waals surface area contributed by atoms with Gasteiger partial charge >= 0.3 is 5.97 Å². The highest BCUT2D eigenvalue weighted by Gasteiger charge is 2.18. The summed E-state index contributed by atoms with van der Waals surface area (Å²) in [5.74, 6) is 0.0506. The van der Waals surface area contributed by atoms with Gasteiger partial charge in [0, 0.05) is 6.42 Å². The molecular weight excluding hydrogens is 216 g/mol. The number of aromatic hydroxyl groups is 1. The van der Waals surface area contributed by atoms with Crippen LogP contribution in [0.15, 0.2) is 18.2 Å². The molecule has 94 valence electrons. The molecule has 3 nitrogen and oxygen atoms in total. The lowest BCUT2D eigenvalue weighted by Gasteiger charge is -2.23. The maximum absolute atomic E-state index is 11.1. The van der Waals surface area contributed by atoms with Crippen LogP contribution in [-0.4, -0.2) is 18.2 Å². The van der Waals surface area contributed by atoms with E-state index in [4.69, 9.17) is 0 Å². The maximum atomic E-state index is 11.1. The smallest absolute Gasteiger partial charge is 0.305 e. The third kappa shape index (κ3) is 3.77. The van der Waals surface area contributed by atoms with Crippen molar-refractivity contribution in [1.82, 2.24) is 0 Å². The second-order valence-corrected chi connectivity index (χ2v) is 5.17. The molecule has 0 radical (unpaired) electrons. The molecule has 1 aromatic rings. The van der Waals surface area contributed by atoms with E-state index in [2.05, 4.69) is 25.5 Å². The van der Waals surface area contributed by atoms with Crippen LogP contribution in [-0.2, 0) is 21.4 Å². The van der Waals surface area contributed by atoms with Gasteiger partial charge in [-0.1, -0.05) is 26.8 Å². The number of esters is 1. The van der Waals surface area contributed by atoms with Crippen LogP contribution in [0.4, 0.5) is 0 Å². The Kier molecular flexibility index (Phi) is 4.16. The highest BCUT2D eigenvalue weighted by Crippen LogP contribution is 2.29. The lowest BCUT2D eigenvalue weighted by atomic mass is 9.82. The van der Waals surface area contributed by atoms with Gasteiger partial charge in [-0.15, -0.1) is 0 Å². The van der Waals surface area contributed by atoms with Crippen LogP contribution >= 0.6 is 0 Å². The Morgan fingerprint density at radius 1 is 1.35 bits per heavy atom. The molecule has 1 aromatic carbocycles. The summed E-state index contributed by atoms with van der Waals surface area (Å²) in [4.78, 5) is 11.1. The Morgan fingerprint density at radius 3 is 2.53 bits per heavy atom. The standard InChI is InChI=1S/C14H20O3/c1-14(2,3)12-9-11(15)7-5-10(12)6-8-13(16)17-4/h5,7,9,15H,6,8H2,1-4H3. The van der Waals surface area contributed by atoms with Crippen molar-refractivity contribution < 1.29 is 14.6 Å². The molecule has 17 heavy (non-hydrogen) atoms. The first kappa shape index (κ1) is 13.6. The minimum absolute atomic E-state index is 0.0514. The van der Waals surface area contributed by atoms with Gasteiger partial charge in [0.05, 0.1) is 7.11 Å². The van der Waals surface area contributed by atoms with Crippen LogP contribution in [0.3, 0.4) is 0 Å². The SMILES string of the molecule is COC(=O)CCc1ccc(O)cc1C(C)(C)C. The van der Waals surface area contributed by atoms with Gasteiger partial charge in [-0.2, -0.15) is 0 Å². The molecule has 0 aromatic heterocycles. The van der Waals surface area contributed by atoms with Crippen molar-refractivity contribution in [3.63, 3.8) is 0 Å². The molecule has 1 N–H and O–H groups in total. The van der Waals surface area contributed by atoms with Gasteiger partial charge in [0.2, 0.25) is 0 Å². The number of hydrogen-bond acceptors (Lipinski definition) is 3. The van der Waals surface area contributed by atoms with E-state index in [1.807, 2.05) is 6.07 Å². The molecule has 0 fully saturated rings. The fourth-order valence-corrected chi connectivity index (χ4v) is 1.82. The van der Waals surface area contributed by atoms with E-state index in [1.54, 1.807) is 12.1 Å². The van der Waals surface area contributed by atoms with Crippen molar-refractivity contribution in [2.75, 3.05) is 7.11 Å². The van der Waals surface area contributed by atoms with Crippen molar-refractivity contribution in [3.05, 3.63) is 29.3 Å². The summed E-state index contributed by atoms with van der Waals surface area (Å²) in [6.45, 7) is 6.26. The zero-order valence-corrected chi connectivity index (χ0v) is 10.9. The Balaban J connectivity index is 2.95. The minimum Gasteiger partial charge on any atom is -0.508 e. The van der Waals surface area contributed by atoms with Crippen LogP contribution < -0.4 is 0 Å². The van der Waals surface area contributed by atoms with Gasteiger partial charge in [0.25, 0.3) is 0 Å². The Labute approximate surface area is 102 Å². The summed E-state index contributed by atoms with van der Waals surface area (Å²) < 4.78 is 4.63. The highest BCUT2D eigenvalue weighted by atomic mass is 16.5. The first-order valence-electron chi connectivity index (χ1n) is 5.74. The minimum atomic E-state index is -0.210. The molecule has 3 heteroatoms. The monoisotopic (exact) mass is 236 g/mol. The van der Waals surface area contributed by atoms with Gasteiger partial charge in [0.1, 0.15) is 5.75 Å². The molecular formula is C14H20O3.